The summed E-state index contributed by atoms with van der Waals surface area (Å²) in [6.07, 6.45) is 9.16. The van der Waals surface area contributed by atoms with Crippen LogP contribution >= 0.6 is 0 Å². The molecule has 0 heterocycles. The summed E-state index contributed by atoms with van der Waals surface area (Å²) in [5, 5.41) is 10.4. The molecular weight excluding hydrogens is 172 g/mol. The van der Waals surface area contributed by atoms with Gasteiger partial charge in [0.2, 0.25) is 0 Å². The summed E-state index contributed by atoms with van der Waals surface area (Å²) in [5.41, 5.74) is 0.302. The molecule has 1 N–H and O–H groups in total. The van der Waals surface area contributed by atoms with Crippen molar-refractivity contribution in [2.75, 3.05) is 0 Å². The summed E-state index contributed by atoms with van der Waals surface area (Å²) in [6, 6.07) is 0. The first-order chi connectivity index (χ1) is 6.67. The Morgan fingerprint density at radius 3 is 2.43 bits per heavy atom. The molecule has 2 rings (SSSR count). The van der Waals surface area contributed by atoms with Gasteiger partial charge in [0, 0.05) is 0 Å². The van der Waals surface area contributed by atoms with Crippen LogP contribution in [-0.2, 0) is 0 Å². The number of aliphatic hydroxyl groups excluding tert-OH is 1. The molecule has 0 radical (unpaired) electrons. The van der Waals surface area contributed by atoms with Gasteiger partial charge < -0.3 is 5.11 Å². The Morgan fingerprint density at radius 1 is 1.00 bits per heavy atom. The lowest BCUT2D eigenvalue weighted by molar-refractivity contribution is -0.0974. The van der Waals surface area contributed by atoms with Crippen molar-refractivity contribution in [1.29, 1.82) is 0 Å². The van der Waals surface area contributed by atoms with Gasteiger partial charge >= 0.3 is 0 Å². The highest BCUT2D eigenvalue weighted by Crippen LogP contribution is 2.52. The van der Waals surface area contributed by atoms with E-state index in [-0.39, 0.29) is 6.10 Å². The van der Waals surface area contributed by atoms with Gasteiger partial charge in [-0.25, -0.2) is 0 Å². The molecule has 2 saturated carbocycles. The first kappa shape index (κ1) is 10.5. The maximum absolute atomic E-state index is 10.4. The summed E-state index contributed by atoms with van der Waals surface area (Å²) in [4.78, 5) is 0. The summed E-state index contributed by atoms with van der Waals surface area (Å²) in [6.45, 7) is 4.59. The van der Waals surface area contributed by atoms with Gasteiger partial charge in [0.15, 0.2) is 0 Å². The van der Waals surface area contributed by atoms with Crippen molar-refractivity contribution in [3.05, 3.63) is 0 Å². The minimum absolute atomic E-state index is 0.0217. The average molecular weight is 196 g/mol. The van der Waals surface area contributed by atoms with Crippen molar-refractivity contribution < 1.29 is 5.11 Å². The van der Waals surface area contributed by atoms with Crippen molar-refractivity contribution in [2.24, 2.45) is 17.3 Å². The first-order valence-electron chi connectivity index (χ1n) is 6.35. The third kappa shape index (κ3) is 1.50. The van der Waals surface area contributed by atoms with Crippen molar-refractivity contribution in [1.82, 2.24) is 0 Å². The molecule has 0 saturated heterocycles. The Labute approximate surface area is 87.9 Å². The fraction of sp³-hybridized carbons (Fsp3) is 1.00. The van der Waals surface area contributed by atoms with Crippen LogP contribution in [0.1, 0.15) is 58.8 Å². The van der Waals surface area contributed by atoms with Gasteiger partial charge in [-0.15, -0.1) is 0 Å². The summed E-state index contributed by atoms with van der Waals surface area (Å²) in [5.74, 6) is 1.28. The molecule has 0 amide bonds. The van der Waals surface area contributed by atoms with Gasteiger partial charge in [-0.05, 0) is 36.5 Å². The maximum atomic E-state index is 10.4. The smallest absolute Gasteiger partial charge is 0.0624 e. The molecule has 2 fully saturated rings. The SMILES string of the molecule is CC1CCCC2(CCCCC2C)C1O. The van der Waals surface area contributed by atoms with Crippen LogP contribution in [0.5, 0.6) is 0 Å². The molecule has 14 heavy (non-hydrogen) atoms. The van der Waals surface area contributed by atoms with E-state index in [1.165, 1.54) is 44.9 Å². The van der Waals surface area contributed by atoms with Crippen LogP contribution in [-0.4, -0.2) is 11.2 Å². The molecule has 2 aliphatic carbocycles. The van der Waals surface area contributed by atoms with E-state index in [4.69, 9.17) is 0 Å². The van der Waals surface area contributed by atoms with E-state index in [2.05, 4.69) is 13.8 Å². The van der Waals surface area contributed by atoms with Gasteiger partial charge in [0.25, 0.3) is 0 Å². The predicted octanol–water partition coefficient (Wildman–Crippen LogP) is 3.36. The predicted molar refractivity (Wildman–Crippen MR) is 59.1 cm³/mol. The van der Waals surface area contributed by atoms with E-state index in [1.54, 1.807) is 0 Å². The first-order valence-corrected chi connectivity index (χ1v) is 6.35. The third-order valence-corrected chi connectivity index (χ3v) is 4.94. The molecule has 0 aromatic heterocycles. The summed E-state index contributed by atoms with van der Waals surface area (Å²) >= 11 is 0. The quantitative estimate of drug-likeness (QED) is 0.630. The highest BCUT2D eigenvalue weighted by Gasteiger charge is 2.47. The van der Waals surface area contributed by atoms with Crippen LogP contribution in [0.3, 0.4) is 0 Å². The maximum Gasteiger partial charge on any atom is 0.0624 e. The fourth-order valence-corrected chi connectivity index (χ4v) is 3.87. The standard InChI is InChI=1S/C13H24O/c1-10-6-5-9-13(12(10)14)8-4-3-7-11(13)2/h10-12,14H,3-9H2,1-2H3. The lowest BCUT2D eigenvalue weighted by Crippen LogP contribution is -2.48. The van der Waals surface area contributed by atoms with Crippen LogP contribution in [0.4, 0.5) is 0 Å². The lowest BCUT2D eigenvalue weighted by Gasteiger charge is -2.51. The van der Waals surface area contributed by atoms with Crippen molar-refractivity contribution >= 4 is 0 Å². The normalized spacial score (nSPS) is 49.5. The average Bonchev–Trinajstić information content (AvgIpc) is 2.18. The number of aliphatic hydroxyl groups is 1. The topological polar surface area (TPSA) is 20.2 Å². The van der Waals surface area contributed by atoms with Crippen LogP contribution < -0.4 is 0 Å². The van der Waals surface area contributed by atoms with E-state index in [1.807, 2.05) is 0 Å². The molecule has 82 valence electrons. The molecule has 4 unspecified atom stereocenters. The lowest BCUT2D eigenvalue weighted by atomic mass is 9.56. The molecule has 0 aromatic carbocycles. The molecule has 0 bridgehead atoms. The zero-order valence-corrected chi connectivity index (χ0v) is 9.63. The van der Waals surface area contributed by atoms with Crippen LogP contribution in [0, 0.1) is 17.3 Å². The Balaban J connectivity index is 2.18. The fourth-order valence-electron chi connectivity index (χ4n) is 3.87. The van der Waals surface area contributed by atoms with E-state index < -0.39 is 0 Å². The molecule has 0 aromatic rings. The third-order valence-electron chi connectivity index (χ3n) is 4.94. The summed E-state index contributed by atoms with van der Waals surface area (Å²) in [7, 11) is 0. The minimum Gasteiger partial charge on any atom is -0.392 e. The number of hydrogen-bond acceptors (Lipinski definition) is 1. The van der Waals surface area contributed by atoms with E-state index in [9.17, 15) is 5.11 Å². The molecule has 2 aliphatic rings. The molecule has 1 spiro atoms. The largest absolute Gasteiger partial charge is 0.392 e. The van der Waals surface area contributed by atoms with Gasteiger partial charge in [-0.2, -0.15) is 0 Å². The molecule has 1 heteroatoms. The zero-order chi connectivity index (χ0) is 10.2. The highest BCUT2D eigenvalue weighted by atomic mass is 16.3. The van der Waals surface area contributed by atoms with Crippen molar-refractivity contribution in [3.8, 4) is 0 Å². The Bertz CT molecular complexity index is 197. The highest BCUT2D eigenvalue weighted by molar-refractivity contribution is 4.97. The van der Waals surface area contributed by atoms with Crippen LogP contribution in [0.2, 0.25) is 0 Å². The minimum atomic E-state index is -0.0217. The van der Waals surface area contributed by atoms with E-state index in [0.29, 0.717) is 11.3 Å². The second-order valence-electron chi connectivity index (χ2n) is 5.69. The summed E-state index contributed by atoms with van der Waals surface area (Å²) < 4.78 is 0. The number of hydrogen-bond donors (Lipinski definition) is 1. The van der Waals surface area contributed by atoms with Crippen molar-refractivity contribution in [3.63, 3.8) is 0 Å². The molecule has 0 aliphatic heterocycles. The van der Waals surface area contributed by atoms with Gasteiger partial charge in [0.1, 0.15) is 0 Å². The second kappa shape index (κ2) is 3.84. The van der Waals surface area contributed by atoms with Crippen LogP contribution in [0.15, 0.2) is 0 Å². The van der Waals surface area contributed by atoms with Gasteiger partial charge in [-0.3, -0.25) is 0 Å². The monoisotopic (exact) mass is 196 g/mol. The van der Waals surface area contributed by atoms with Crippen molar-refractivity contribution in [2.45, 2.75) is 64.9 Å². The number of rotatable bonds is 0. The molecule has 1 nitrogen and oxygen atoms in total. The van der Waals surface area contributed by atoms with Gasteiger partial charge in [-0.1, -0.05) is 39.5 Å². The van der Waals surface area contributed by atoms with E-state index >= 15 is 0 Å². The van der Waals surface area contributed by atoms with Crippen LogP contribution in [0.25, 0.3) is 0 Å². The molecule has 4 atom stereocenters. The van der Waals surface area contributed by atoms with E-state index in [0.717, 1.165) is 5.92 Å². The second-order valence-corrected chi connectivity index (χ2v) is 5.69. The molecular formula is C13H24O. The Kier molecular flexibility index (Phi) is 2.88. The zero-order valence-electron chi connectivity index (χ0n) is 9.63. The van der Waals surface area contributed by atoms with Gasteiger partial charge in [0.05, 0.1) is 6.10 Å². The Morgan fingerprint density at radius 2 is 1.71 bits per heavy atom. The Hall–Kier alpha value is -0.0400.